The van der Waals surface area contributed by atoms with E-state index in [9.17, 15) is 8.42 Å². The molecular formula is C12H15Cl3O3S. The van der Waals surface area contributed by atoms with E-state index in [-0.39, 0.29) is 24.2 Å². The van der Waals surface area contributed by atoms with Crippen LogP contribution in [0.3, 0.4) is 0 Å². The largest absolute Gasteiger partial charge is 0.493 e. The van der Waals surface area contributed by atoms with Crippen LogP contribution >= 0.6 is 33.9 Å². The maximum Gasteiger partial charge on any atom is 0.233 e. The quantitative estimate of drug-likeness (QED) is 0.725. The Hall–Kier alpha value is -0.160. The van der Waals surface area contributed by atoms with Gasteiger partial charge in [0, 0.05) is 22.7 Å². The van der Waals surface area contributed by atoms with Crippen molar-refractivity contribution in [2.24, 2.45) is 11.8 Å². The van der Waals surface area contributed by atoms with Crippen LogP contribution in [0.1, 0.15) is 13.8 Å². The molecule has 0 aliphatic rings. The predicted octanol–water partition coefficient (Wildman–Crippen LogP) is 4.21. The smallest absolute Gasteiger partial charge is 0.233 e. The molecule has 0 aliphatic heterocycles. The van der Waals surface area contributed by atoms with E-state index in [4.69, 9.17) is 38.6 Å². The highest BCUT2D eigenvalue weighted by atomic mass is 35.7. The van der Waals surface area contributed by atoms with Crippen LogP contribution < -0.4 is 4.74 Å². The molecule has 0 saturated carbocycles. The van der Waals surface area contributed by atoms with Crippen molar-refractivity contribution in [2.45, 2.75) is 13.8 Å². The van der Waals surface area contributed by atoms with Gasteiger partial charge in [-0.2, -0.15) is 0 Å². The van der Waals surface area contributed by atoms with Crippen molar-refractivity contribution in [1.82, 2.24) is 0 Å². The predicted molar refractivity (Wildman–Crippen MR) is 79.9 cm³/mol. The summed E-state index contributed by atoms with van der Waals surface area (Å²) in [7, 11) is 1.74. The Kier molecular flexibility index (Phi) is 6.24. The molecule has 0 heterocycles. The molecular weight excluding hydrogens is 331 g/mol. The van der Waals surface area contributed by atoms with Gasteiger partial charge in [-0.05, 0) is 18.1 Å². The van der Waals surface area contributed by atoms with Crippen LogP contribution in [0.4, 0.5) is 0 Å². The monoisotopic (exact) mass is 344 g/mol. The van der Waals surface area contributed by atoms with E-state index in [0.29, 0.717) is 15.8 Å². The summed E-state index contributed by atoms with van der Waals surface area (Å²) in [5.41, 5.74) is 0. The first-order chi connectivity index (χ1) is 8.69. The average molecular weight is 346 g/mol. The molecule has 0 saturated heterocycles. The van der Waals surface area contributed by atoms with Gasteiger partial charge in [0.1, 0.15) is 5.75 Å². The van der Waals surface area contributed by atoms with Crippen molar-refractivity contribution in [3.8, 4) is 5.75 Å². The Bertz CT molecular complexity index is 529. The van der Waals surface area contributed by atoms with Crippen molar-refractivity contribution in [3.63, 3.8) is 0 Å². The van der Waals surface area contributed by atoms with Gasteiger partial charge in [-0.25, -0.2) is 8.42 Å². The lowest BCUT2D eigenvalue weighted by Crippen LogP contribution is -2.24. The van der Waals surface area contributed by atoms with Crippen LogP contribution in [-0.2, 0) is 9.05 Å². The van der Waals surface area contributed by atoms with Crippen molar-refractivity contribution in [3.05, 3.63) is 28.2 Å². The summed E-state index contributed by atoms with van der Waals surface area (Å²) in [6.45, 7) is 4.09. The second-order valence-electron chi connectivity index (χ2n) is 4.60. The molecule has 0 fully saturated rings. The standard InChI is InChI=1S/C12H15Cl3O3S/c1-8(2)9(7-19(15,16)17)6-18-10-3-4-11(13)12(14)5-10/h3-5,8-9H,6-7H2,1-2H3. The van der Waals surface area contributed by atoms with Crippen LogP contribution in [0.25, 0.3) is 0 Å². The van der Waals surface area contributed by atoms with E-state index in [0.717, 1.165) is 0 Å². The first-order valence-corrected chi connectivity index (χ1v) is 8.92. The molecule has 19 heavy (non-hydrogen) atoms. The van der Waals surface area contributed by atoms with E-state index in [1.54, 1.807) is 18.2 Å². The molecule has 0 radical (unpaired) electrons. The molecule has 1 aromatic carbocycles. The van der Waals surface area contributed by atoms with Gasteiger partial charge in [-0.3, -0.25) is 0 Å². The third-order valence-corrected chi connectivity index (χ3v) is 4.65. The first kappa shape index (κ1) is 16.9. The summed E-state index contributed by atoms with van der Waals surface area (Å²) in [5, 5.41) is 0.836. The average Bonchev–Trinajstić information content (AvgIpc) is 2.27. The fraction of sp³-hybridized carbons (Fsp3) is 0.500. The number of ether oxygens (including phenoxy) is 1. The maximum absolute atomic E-state index is 11.1. The number of benzene rings is 1. The normalized spacial score (nSPS) is 13.6. The van der Waals surface area contributed by atoms with Gasteiger partial charge in [0.25, 0.3) is 0 Å². The van der Waals surface area contributed by atoms with E-state index >= 15 is 0 Å². The fourth-order valence-corrected chi connectivity index (χ4v) is 3.22. The third-order valence-electron chi connectivity index (χ3n) is 2.71. The van der Waals surface area contributed by atoms with Gasteiger partial charge < -0.3 is 4.74 Å². The summed E-state index contributed by atoms with van der Waals surface area (Å²) in [6, 6.07) is 4.90. The molecule has 1 aromatic rings. The van der Waals surface area contributed by atoms with Gasteiger partial charge >= 0.3 is 0 Å². The lowest BCUT2D eigenvalue weighted by molar-refractivity contribution is 0.225. The topological polar surface area (TPSA) is 43.4 Å². The second kappa shape index (κ2) is 7.02. The Labute approximate surface area is 128 Å². The van der Waals surface area contributed by atoms with Crippen molar-refractivity contribution >= 4 is 42.9 Å². The SMILES string of the molecule is CC(C)C(COc1ccc(Cl)c(Cl)c1)CS(=O)(=O)Cl. The zero-order valence-electron chi connectivity index (χ0n) is 10.6. The summed E-state index contributed by atoms with van der Waals surface area (Å²) < 4.78 is 27.8. The van der Waals surface area contributed by atoms with E-state index in [1.807, 2.05) is 13.8 Å². The minimum absolute atomic E-state index is 0.118. The molecule has 1 rings (SSSR count). The van der Waals surface area contributed by atoms with Crippen LogP contribution in [-0.4, -0.2) is 20.8 Å². The van der Waals surface area contributed by atoms with Gasteiger partial charge in [0.2, 0.25) is 9.05 Å². The van der Waals surface area contributed by atoms with Gasteiger partial charge in [0.05, 0.1) is 22.4 Å². The number of rotatable bonds is 6. The molecule has 0 bridgehead atoms. The highest BCUT2D eigenvalue weighted by Gasteiger charge is 2.21. The highest BCUT2D eigenvalue weighted by molar-refractivity contribution is 8.13. The third kappa shape index (κ3) is 6.21. The van der Waals surface area contributed by atoms with Crippen molar-refractivity contribution in [2.75, 3.05) is 12.4 Å². The molecule has 0 aromatic heterocycles. The molecule has 0 N–H and O–H groups in total. The molecule has 1 unspecified atom stereocenters. The molecule has 3 nitrogen and oxygen atoms in total. The van der Waals surface area contributed by atoms with Crippen LogP contribution in [0.2, 0.25) is 10.0 Å². The molecule has 1 atom stereocenters. The summed E-state index contributed by atoms with van der Waals surface area (Å²) in [4.78, 5) is 0. The fourth-order valence-electron chi connectivity index (χ4n) is 1.46. The minimum Gasteiger partial charge on any atom is -0.493 e. The Morgan fingerprint density at radius 3 is 2.32 bits per heavy atom. The van der Waals surface area contributed by atoms with E-state index < -0.39 is 9.05 Å². The van der Waals surface area contributed by atoms with Gasteiger partial charge in [-0.15, -0.1) is 0 Å². The maximum atomic E-state index is 11.1. The lowest BCUT2D eigenvalue weighted by Gasteiger charge is -2.19. The number of hydrogen-bond acceptors (Lipinski definition) is 3. The highest BCUT2D eigenvalue weighted by Crippen LogP contribution is 2.27. The van der Waals surface area contributed by atoms with Crippen LogP contribution in [0.5, 0.6) is 5.75 Å². The van der Waals surface area contributed by atoms with Crippen molar-refractivity contribution < 1.29 is 13.2 Å². The Balaban J connectivity index is 2.68. The first-order valence-electron chi connectivity index (χ1n) is 5.69. The Morgan fingerprint density at radius 1 is 1.21 bits per heavy atom. The summed E-state index contributed by atoms with van der Waals surface area (Å²) in [6.07, 6.45) is 0. The van der Waals surface area contributed by atoms with Crippen molar-refractivity contribution in [1.29, 1.82) is 0 Å². The van der Waals surface area contributed by atoms with Crippen LogP contribution in [0, 0.1) is 11.8 Å². The van der Waals surface area contributed by atoms with Gasteiger partial charge in [0.15, 0.2) is 0 Å². The molecule has 7 heteroatoms. The molecule has 0 amide bonds. The summed E-state index contributed by atoms with van der Waals surface area (Å²) in [5.74, 6) is 0.383. The minimum atomic E-state index is -3.54. The number of halogens is 3. The van der Waals surface area contributed by atoms with E-state index in [1.165, 1.54) is 0 Å². The van der Waals surface area contributed by atoms with Crippen LogP contribution in [0.15, 0.2) is 18.2 Å². The zero-order valence-corrected chi connectivity index (χ0v) is 13.7. The van der Waals surface area contributed by atoms with Gasteiger partial charge in [-0.1, -0.05) is 37.0 Å². The summed E-state index contributed by atoms with van der Waals surface area (Å²) >= 11 is 11.7. The number of hydrogen-bond donors (Lipinski definition) is 0. The molecule has 0 spiro atoms. The zero-order chi connectivity index (χ0) is 14.6. The lowest BCUT2D eigenvalue weighted by atomic mass is 9.99. The van der Waals surface area contributed by atoms with E-state index in [2.05, 4.69) is 0 Å². The molecule has 108 valence electrons. The molecule has 0 aliphatic carbocycles. The second-order valence-corrected chi connectivity index (χ2v) is 8.23. The Morgan fingerprint density at radius 2 is 1.84 bits per heavy atom.